The molecule has 1 aliphatic carbocycles. The van der Waals surface area contributed by atoms with Gasteiger partial charge in [-0.2, -0.15) is 0 Å². The van der Waals surface area contributed by atoms with Crippen LogP contribution < -0.4 is 15.6 Å². The number of benzene rings is 3. The van der Waals surface area contributed by atoms with Crippen molar-refractivity contribution >= 4 is 23.6 Å². The average Bonchev–Trinajstić information content (AvgIpc) is 3.23. The first-order valence-electron chi connectivity index (χ1n) is 20.1. The Morgan fingerprint density at radius 2 is 0.960 bits per heavy atom. The predicted octanol–water partition coefficient (Wildman–Crippen LogP) is 12.7. The average molecular weight is 689 g/mol. The topological polar surface area (TPSA) is 0 Å². The number of rotatable bonds is 14. The lowest BCUT2D eigenvalue weighted by atomic mass is 9.81. The van der Waals surface area contributed by atoms with Gasteiger partial charge in [-0.3, -0.25) is 0 Å². The van der Waals surface area contributed by atoms with Gasteiger partial charge < -0.3 is 0 Å². The second-order valence-electron chi connectivity index (χ2n) is 18.4. The van der Waals surface area contributed by atoms with Gasteiger partial charge in [0.05, 0.1) is 0 Å². The minimum atomic E-state index is -2.85. The quantitative estimate of drug-likeness (QED) is 0.0898. The zero-order chi connectivity index (χ0) is 37.1. The van der Waals surface area contributed by atoms with Crippen molar-refractivity contribution in [2.75, 3.05) is 0 Å². The first kappa shape index (κ1) is 40.1. The van der Waals surface area contributed by atoms with Crippen LogP contribution in [0, 0.1) is 13.8 Å². The summed E-state index contributed by atoms with van der Waals surface area (Å²) in [6, 6.07) is 23.4. The molecule has 0 aliphatic heterocycles. The van der Waals surface area contributed by atoms with Crippen LogP contribution in [-0.2, 0) is 23.7 Å². The molecule has 272 valence electrons. The summed E-state index contributed by atoms with van der Waals surface area (Å²) < 4.78 is 0. The monoisotopic (exact) mass is 689 g/mol. The van der Waals surface area contributed by atoms with Crippen molar-refractivity contribution < 1.29 is 0 Å². The smallest absolute Gasteiger partial charge is 0.0730 e. The van der Waals surface area contributed by atoms with E-state index >= 15 is 0 Å². The second kappa shape index (κ2) is 15.9. The van der Waals surface area contributed by atoms with Gasteiger partial charge in [-0.15, -0.1) is 0 Å². The normalized spacial score (nSPS) is 18.1. The molecule has 0 bridgehead atoms. The molecular formula is C49H72Si. The van der Waals surface area contributed by atoms with E-state index in [4.69, 9.17) is 0 Å². The van der Waals surface area contributed by atoms with Crippen molar-refractivity contribution in [2.45, 2.75) is 177 Å². The number of hydrogen-bond donors (Lipinski definition) is 0. The fraction of sp³-hybridized carbons (Fsp3) is 0.551. The predicted molar refractivity (Wildman–Crippen MR) is 227 cm³/mol. The summed E-state index contributed by atoms with van der Waals surface area (Å²) in [6.07, 6.45) is 15.4. The van der Waals surface area contributed by atoms with Crippen LogP contribution in [-0.4, -0.2) is 8.07 Å². The number of hydrogen-bond acceptors (Lipinski definition) is 0. The molecule has 0 nitrogen and oxygen atoms in total. The highest BCUT2D eigenvalue weighted by atomic mass is 28.3. The Morgan fingerprint density at radius 1 is 0.520 bits per heavy atom. The zero-order valence-electron chi connectivity index (χ0n) is 34.8. The molecule has 0 saturated carbocycles. The molecule has 2 atom stereocenters. The Morgan fingerprint density at radius 3 is 1.36 bits per heavy atom. The minimum absolute atomic E-state index is 0.0351. The van der Waals surface area contributed by atoms with Crippen LogP contribution in [0.2, 0.25) is 5.04 Å². The van der Waals surface area contributed by atoms with Gasteiger partial charge >= 0.3 is 0 Å². The summed E-state index contributed by atoms with van der Waals surface area (Å²) in [4.78, 5) is 0. The second-order valence-corrected chi connectivity index (χ2v) is 22.6. The van der Waals surface area contributed by atoms with E-state index in [9.17, 15) is 0 Å². The largest absolute Gasteiger partial charge is 0.161 e. The van der Waals surface area contributed by atoms with Crippen molar-refractivity contribution in [3.05, 3.63) is 111 Å². The van der Waals surface area contributed by atoms with Crippen LogP contribution in [0.1, 0.15) is 168 Å². The third-order valence-electron chi connectivity index (χ3n) is 12.1. The molecule has 3 aromatic carbocycles. The molecule has 0 amide bonds. The fourth-order valence-corrected chi connectivity index (χ4v) is 15.2. The maximum absolute atomic E-state index is 2.85. The van der Waals surface area contributed by atoms with Crippen LogP contribution in [0.4, 0.5) is 0 Å². The molecule has 0 fully saturated rings. The molecule has 0 radical (unpaired) electrons. The standard InChI is InChI=1S/C49H72Si/c1-15-17-19-21-23-40-28-41(24-22-20-18-16-2)30-45(29-40)50(44-26-35(3)25-36(4)27-44,49(14)34-37(5)38(6)39(49)7)46-32-42(47(8,9)10)31-43(33-46)48(11,12)13/h25-34H,15-24H2,1-14H3. The zero-order valence-corrected chi connectivity index (χ0v) is 35.8. The molecule has 50 heavy (non-hydrogen) atoms. The van der Waals surface area contributed by atoms with Crippen molar-refractivity contribution in [3.8, 4) is 0 Å². The fourth-order valence-electron chi connectivity index (χ4n) is 8.80. The Bertz CT molecular complexity index is 1620. The maximum Gasteiger partial charge on any atom is 0.161 e. The molecule has 0 saturated heterocycles. The third kappa shape index (κ3) is 8.35. The molecule has 4 rings (SSSR count). The van der Waals surface area contributed by atoms with Crippen LogP contribution >= 0.6 is 0 Å². The molecule has 2 unspecified atom stereocenters. The highest BCUT2D eigenvalue weighted by Gasteiger charge is 2.56. The highest BCUT2D eigenvalue weighted by Crippen LogP contribution is 2.53. The first-order valence-corrected chi connectivity index (χ1v) is 22.1. The van der Waals surface area contributed by atoms with Crippen LogP contribution in [0.5, 0.6) is 0 Å². The third-order valence-corrected chi connectivity index (χ3v) is 17.6. The molecular weight excluding hydrogens is 617 g/mol. The van der Waals surface area contributed by atoms with Gasteiger partial charge in [-0.1, -0.05) is 184 Å². The van der Waals surface area contributed by atoms with Crippen LogP contribution in [0.15, 0.2) is 77.4 Å². The van der Waals surface area contributed by atoms with E-state index in [0.717, 1.165) is 0 Å². The summed E-state index contributed by atoms with van der Waals surface area (Å²) in [5, 5.41) is 4.60. The van der Waals surface area contributed by atoms with E-state index in [2.05, 4.69) is 158 Å². The summed E-state index contributed by atoms with van der Waals surface area (Å²) in [7, 11) is -2.85. The summed E-state index contributed by atoms with van der Waals surface area (Å²) >= 11 is 0. The van der Waals surface area contributed by atoms with E-state index in [-0.39, 0.29) is 15.9 Å². The van der Waals surface area contributed by atoms with E-state index in [1.807, 2.05) is 0 Å². The number of aryl methyl sites for hydroxylation is 4. The van der Waals surface area contributed by atoms with Gasteiger partial charge in [0.2, 0.25) is 0 Å². The van der Waals surface area contributed by atoms with Crippen molar-refractivity contribution in [1.82, 2.24) is 0 Å². The van der Waals surface area contributed by atoms with Crippen LogP contribution in [0.25, 0.3) is 0 Å². The number of unbranched alkanes of at least 4 members (excludes halogenated alkanes) is 6. The molecule has 3 aromatic rings. The SMILES string of the molecule is CCCCCCc1cc(CCCCCC)cc([Si](c2cc(C)cc(C)c2)(c2cc(C(C)(C)C)cc(C(C)(C)C)c2)C2(C)C=C(C)C(C)=C2C)c1. The number of allylic oxidation sites excluding steroid dienone is 4. The van der Waals surface area contributed by atoms with Crippen molar-refractivity contribution in [2.24, 2.45) is 0 Å². The van der Waals surface area contributed by atoms with E-state index < -0.39 is 8.07 Å². The van der Waals surface area contributed by atoms with E-state index in [1.54, 1.807) is 32.3 Å². The van der Waals surface area contributed by atoms with Gasteiger partial charge in [0, 0.05) is 5.04 Å². The van der Waals surface area contributed by atoms with Gasteiger partial charge in [0.1, 0.15) is 0 Å². The minimum Gasteiger partial charge on any atom is -0.0730 e. The molecule has 0 spiro atoms. The lowest BCUT2D eigenvalue weighted by molar-refractivity contribution is 0.569. The molecule has 1 aliphatic rings. The van der Waals surface area contributed by atoms with E-state index in [0.29, 0.717) is 0 Å². The lowest BCUT2D eigenvalue weighted by Gasteiger charge is -2.48. The Kier molecular flexibility index (Phi) is 12.8. The summed E-state index contributed by atoms with van der Waals surface area (Å²) in [5.74, 6) is 0. The van der Waals surface area contributed by atoms with Gasteiger partial charge in [0.25, 0.3) is 0 Å². The molecule has 0 aromatic heterocycles. The summed E-state index contributed by atoms with van der Waals surface area (Å²) in [6.45, 7) is 33.5. The van der Waals surface area contributed by atoms with Gasteiger partial charge in [0.15, 0.2) is 8.07 Å². The lowest BCUT2D eigenvalue weighted by Crippen LogP contribution is -2.73. The van der Waals surface area contributed by atoms with Crippen molar-refractivity contribution in [3.63, 3.8) is 0 Å². The van der Waals surface area contributed by atoms with Gasteiger partial charge in [-0.25, -0.2) is 0 Å². The van der Waals surface area contributed by atoms with Crippen molar-refractivity contribution in [1.29, 1.82) is 0 Å². The molecule has 0 N–H and O–H groups in total. The maximum atomic E-state index is 2.71. The Hall–Kier alpha value is -2.64. The summed E-state index contributed by atoms with van der Waals surface area (Å²) in [5.41, 5.74) is 13.3. The van der Waals surface area contributed by atoms with Gasteiger partial charge in [-0.05, 0) is 115 Å². The Balaban J connectivity index is 2.25. The first-order chi connectivity index (χ1) is 23.4. The van der Waals surface area contributed by atoms with Crippen LogP contribution in [0.3, 0.4) is 0 Å². The Labute approximate surface area is 310 Å². The molecule has 0 heterocycles. The highest BCUT2D eigenvalue weighted by molar-refractivity contribution is 7.14. The van der Waals surface area contributed by atoms with E-state index in [1.165, 1.54) is 97.6 Å². The molecule has 1 heteroatoms.